The van der Waals surface area contributed by atoms with Crippen molar-refractivity contribution < 1.29 is 14.6 Å². The summed E-state index contributed by atoms with van der Waals surface area (Å²) >= 11 is 3.52. The Labute approximate surface area is 161 Å². The van der Waals surface area contributed by atoms with Crippen LogP contribution in [0.15, 0.2) is 34.9 Å². The third kappa shape index (κ3) is 5.51. The fourth-order valence-corrected chi connectivity index (χ4v) is 3.33. The molecule has 0 spiro atoms. The van der Waals surface area contributed by atoms with Gasteiger partial charge in [0.05, 0.1) is 16.3 Å². The van der Waals surface area contributed by atoms with Crippen molar-refractivity contribution in [3.8, 4) is 0 Å². The average Bonchev–Trinajstić information content (AvgIpc) is 3.15. The molecular formula is C19H22BrN3O3. The lowest BCUT2D eigenvalue weighted by Crippen LogP contribution is -2.08. The van der Waals surface area contributed by atoms with Crippen LogP contribution in [0.1, 0.15) is 36.9 Å². The Bertz CT molecular complexity index is 746. The fraction of sp³-hybridized carbons (Fsp3) is 0.421. The van der Waals surface area contributed by atoms with Crippen molar-refractivity contribution in [2.75, 3.05) is 11.9 Å². The van der Waals surface area contributed by atoms with E-state index < -0.39 is 5.97 Å². The predicted octanol–water partition coefficient (Wildman–Crippen LogP) is 4.11. The molecule has 3 rings (SSSR count). The van der Waals surface area contributed by atoms with Gasteiger partial charge in [-0.25, -0.2) is 9.97 Å². The number of carboxylic acid groups (broad SMARTS) is 1. The number of hydrogen-bond acceptors (Lipinski definition) is 5. The zero-order valence-corrected chi connectivity index (χ0v) is 16.0. The van der Waals surface area contributed by atoms with Crippen molar-refractivity contribution in [3.05, 3.63) is 46.2 Å². The van der Waals surface area contributed by atoms with Gasteiger partial charge < -0.3 is 15.2 Å². The highest BCUT2D eigenvalue weighted by atomic mass is 79.9. The lowest BCUT2D eigenvalue weighted by Gasteiger charge is -2.11. The Hall–Kier alpha value is -1.99. The minimum atomic E-state index is -0.786. The average molecular weight is 420 g/mol. The number of hydrogen-bond donors (Lipinski definition) is 2. The molecule has 6 nitrogen and oxygen atoms in total. The summed E-state index contributed by atoms with van der Waals surface area (Å²) in [5, 5.41) is 11.9. The molecule has 7 heteroatoms. The van der Waals surface area contributed by atoms with E-state index in [2.05, 4.69) is 31.2 Å². The first-order chi connectivity index (χ1) is 12.6. The molecule has 2 heterocycles. The van der Waals surface area contributed by atoms with Crippen LogP contribution in [0, 0.1) is 0 Å². The molecule has 1 aromatic heterocycles. The number of aliphatic carboxylic acids is 1. The lowest BCUT2D eigenvalue weighted by molar-refractivity contribution is -0.136. The zero-order valence-electron chi connectivity index (χ0n) is 14.4. The minimum Gasteiger partial charge on any atom is -0.481 e. The van der Waals surface area contributed by atoms with E-state index in [9.17, 15) is 4.79 Å². The topological polar surface area (TPSA) is 84.3 Å². The maximum Gasteiger partial charge on any atom is 0.303 e. The van der Waals surface area contributed by atoms with Crippen LogP contribution in [-0.4, -0.2) is 33.8 Å². The predicted molar refractivity (Wildman–Crippen MR) is 103 cm³/mol. The summed E-state index contributed by atoms with van der Waals surface area (Å²) in [6, 6.07) is 7.66. The van der Waals surface area contributed by atoms with Crippen LogP contribution in [0.2, 0.25) is 0 Å². The van der Waals surface area contributed by atoms with E-state index in [-0.39, 0.29) is 6.42 Å². The summed E-state index contributed by atoms with van der Waals surface area (Å²) in [7, 11) is 0. The third-order valence-electron chi connectivity index (χ3n) is 4.38. The number of halogens is 1. The molecule has 138 valence electrons. The molecule has 1 saturated heterocycles. The van der Waals surface area contributed by atoms with Crippen molar-refractivity contribution in [1.82, 2.24) is 9.97 Å². The van der Waals surface area contributed by atoms with Crippen molar-refractivity contribution in [3.63, 3.8) is 0 Å². The highest BCUT2D eigenvalue weighted by molar-refractivity contribution is 9.10. The van der Waals surface area contributed by atoms with E-state index in [0.29, 0.717) is 18.5 Å². The molecule has 1 aliphatic rings. The van der Waals surface area contributed by atoms with E-state index in [0.717, 1.165) is 53.7 Å². The largest absolute Gasteiger partial charge is 0.481 e. The number of ether oxygens (including phenoxy) is 1. The number of aryl methyl sites for hydroxylation is 2. The molecule has 1 fully saturated rings. The number of nitrogens with one attached hydrogen (secondary N) is 1. The standard InChI is InChI=1S/C19H22BrN3O3/c20-16-12-21-19(23-17(16)9-8-15-2-1-11-26-15)22-14-6-3-13(4-7-14)5-10-18(24)25/h3-4,6-7,12,15H,1-2,5,8-11H2,(H,24,25)(H,21,22,23). The van der Waals surface area contributed by atoms with E-state index in [4.69, 9.17) is 9.84 Å². The summed E-state index contributed by atoms with van der Waals surface area (Å²) in [4.78, 5) is 19.6. The van der Waals surface area contributed by atoms with Gasteiger partial charge in [-0.1, -0.05) is 12.1 Å². The van der Waals surface area contributed by atoms with E-state index in [1.807, 2.05) is 24.3 Å². The van der Waals surface area contributed by atoms with Crippen LogP contribution in [0.5, 0.6) is 0 Å². The summed E-state index contributed by atoms with van der Waals surface area (Å²) in [5.41, 5.74) is 2.83. The second-order valence-electron chi connectivity index (χ2n) is 6.38. The van der Waals surface area contributed by atoms with Gasteiger partial charge in [-0.05, 0) is 65.7 Å². The van der Waals surface area contributed by atoms with Crippen LogP contribution in [0.4, 0.5) is 11.6 Å². The van der Waals surface area contributed by atoms with Gasteiger partial charge in [0.2, 0.25) is 5.95 Å². The summed E-state index contributed by atoms with van der Waals surface area (Å²) in [6.45, 7) is 0.866. The van der Waals surface area contributed by atoms with Crippen LogP contribution in [-0.2, 0) is 22.4 Å². The van der Waals surface area contributed by atoms with Crippen molar-refractivity contribution in [2.24, 2.45) is 0 Å². The molecule has 1 unspecified atom stereocenters. The molecule has 0 saturated carbocycles. The first-order valence-electron chi connectivity index (χ1n) is 8.81. The van der Waals surface area contributed by atoms with Gasteiger partial charge in [-0.15, -0.1) is 0 Å². The number of carboxylic acids is 1. The van der Waals surface area contributed by atoms with E-state index in [1.165, 1.54) is 0 Å². The number of anilines is 2. The van der Waals surface area contributed by atoms with Gasteiger partial charge in [0.1, 0.15) is 0 Å². The normalized spacial score (nSPS) is 16.6. The van der Waals surface area contributed by atoms with Gasteiger partial charge >= 0.3 is 5.97 Å². The molecule has 1 aliphatic heterocycles. The van der Waals surface area contributed by atoms with Gasteiger partial charge in [0.15, 0.2) is 0 Å². The molecule has 2 N–H and O–H groups in total. The second-order valence-corrected chi connectivity index (χ2v) is 7.23. The molecule has 2 aromatic rings. The Balaban J connectivity index is 1.60. The summed E-state index contributed by atoms with van der Waals surface area (Å²) in [5.74, 6) is -0.236. The minimum absolute atomic E-state index is 0.136. The van der Waals surface area contributed by atoms with Gasteiger partial charge in [-0.2, -0.15) is 0 Å². The SMILES string of the molecule is O=C(O)CCc1ccc(Nc2ncc(Br)c(CCC3CCCO3)n2)cc1. The molecule has 0 aliphatic carbocycles. The number of benzene rings is 1. The van der Waals surface area contributed by atoms with Crippen molar-refractivity contribution >= 4 is 33.5 Å². The van der Waals surface area contributed by atoms with Crippen molar-refractivity contribution in [1.29, 1.82) is 0 Å². The summed E-state index contributed by atoms with van der Waals surface area (Å²) in [6.07, 6.45) is 6.85. The lowest BCUT2D eigenvalue weighted by atomic mass is 10.1. The molecule has 26 heavy (non-hydrogen) atoms. The van der Waals surface area contributed by atoms with Crippen LogP contribution in [0.25, 0.3) is 0 Å². The molecule has 1 aromatic carbocycles. The Morgan fingerprint density at radius 3 is 2.81 bits per heavy atom. The van der Waals surface area contributed by atoms with Crippen LogP contribution < -0.4 is 5.32 Å². The number of aromatic nitrogens is 2. The van der Waals surface area contributed by atoms with Gasteiger partial charge in [-0.3, -0.25) is 4.79 Å². The molecule has 0 radical (unpaired) electrons. The first-order valence-corrected chi connectivity index (χ1v) is 9.60. The van der Waals surface area contributed by atoms with E-state index >= 15 is 0 Å². The highest BCUT2D eigenvalue weighted by Crippen LogP contribution is 2.23. The zero-order chi connectivity index (χ0) is 18.4. The number of carbonyl (C=O) groups is 1. The highest BCUT2D eigenvalue weighted by Gasteiger charge is 2.16. The molecule has 0 amide bonds. The monoisotopic (exact) mass is 419 g/mol. The maximum atomic E-state index is 10.6. The van der Waals surface area contributed by atoms with Gasteiger partial charge in [0.25, 0.3) is 0 Å². The fourth-order valence-electron chi connectivity index (χ4n) is 2.94. The Kier molecular flexibility index (Phi) is 6.57. The smallest absolute Gasteiger partial charge is 0.303 e. The summed E-state index contributed by atoms with van der Waals surface area (Å²) < 4.78 is 6.58. The van der Waals surface area contributed by atoms with Crippen molar-refractivity contribution in [2.45, 2.75) is 44.6 Å². The maximum absolute atomic E-state index is 10.6. The molecule has 0 bridgehead atoms. The van der Waals surface area contributed by atoms with E-state index in [1.54, 1.807) is 6.20 Å². The van der Waals surface area contributed by atoms with Crippen LogP contribution >= 0.6 is 15.9 Å². The van der Waals surface area contributed by atoms with Gasteiger partial charge in [0, 0.05) is 24.9 Å². The molecular weight excluding hydrogens is 398 g/mol. The third-order valence-corrected chi connectivity index (χ3v) is 5.04. The second kappa shape index (κ2) is 9.09. The first kappa shape index (κ1) is 18.8. The Morgan fingerprint density at radius 2 is 2.12 bits per heavy atom. The Morgan fingerprint density at radius 1 is 1.31 bits per heavy atom. The molecule has 1 atom stereocenters. The van der Waals surface area contributed by atoms with Crippen LogP contribution in [0.3, 0.4) is 0 Å². The number of nitrogens with zero attached hydrogens (tertiary/aromatic N) is 2. The number of rotatable bonds is 8. The quantitative estimate of drug-likeness (QED) is 0.669.